The Balaban J connectivity index is 1.79. The van der Waals surface area contributed by atoms with Gasteiger partial charge in [0.25, 0.3) is 0 Å². The Kier molecular flexibility index (Phi) is 6.02. The number of carbonyl (C=O) groups excluding carboxylic acids is 1. The minimum absolute atomic E-state index is 0.0507. The third kappa shape index (κ3) is 5.17. The minimum atomic E-state index is -3.58. The first-order chi connectivity index (χ1) is 10.8. The number of hydrogen-bond acceptors (Lipinski definition) is 5. The first-order valence-electron chi connectivity index (χ1n) is 7.34. The Labute approximate surface area is 141 Å². The lowest BCUT2D eigenvalue weighted by Gasteiger charge is -2.22. The predicted octanol–water partition coefficient (Wildman–Crippen LogP) is 1.77. The second kappa shape index (κ2) is 7.61. The molecule has 1 aromatic rings. The number of benzene rings is 1. The van der Waals surface area contributed by atoms with E-state index in [2.05, 4.69) is 5.32 Å². The summed E-state index contributed by atoms with van der Waals surface area (Å²) in [6.07, 6.45) is 0.391. The third-order valence-corrected chi connectivity index (χ3v) is 5.78. The van der Waals surface area contributed by atoms with Crippen molar-refractivity contribution in [2.45, 2.75) is 30.4 Å². The molecule has 0 saturated carbocycles. The summed E-state index contributed by atoms with van der Waals surface area (Å²) in [7, 11) is -3.58. The van der Waals surface area contributed by atoms with E-state index in [1.807, 2.05) is 6.92 Å². The van der Waals surface area contributed by atoms with E-state index < -0.39 is 15.6 Å². The topological polar surface area (TPSA) is 81.7 Å². The molecular formula is C15H20ClNO5S. The van der Waals surface area contributed by atoms with Crippen molar-refractivity contribution in [3.05, 3.63) is 29.3 Å². The maximum Gasteiger partial charge on any atom is 0.221 e. The van der Waals surface area contributed by atoms with Crippen LogP contribution < -0.4 is 5.32 Å². The molecule has 1 aromatic carbocycles. The zero-order valence-corrected chi connectivity index (χ0v) is 14.5. The van der Waals surface area contributed by atoms with Gasteiger partial charge in [-0.25, -0.2) is 8.42 Å². The molecule has 1 fully saturated rings. The normalized spacial score (nSPS) is 17.1. The van der Waals surface area contributed by atoms with E-state index in [0.29, 0.717) is 26.2 Å². The number of halogens is 1. The maximum absolute atomic E-state index is 12.2. The molecule has 6 nitrogen and oxygen atoms in total. The average Bonchev–Trinajstić information content (AvgIpc) is 2.92. The van der Waals surface area contributed by atoms with Gasteiger partial charge in [-0.2, -0.15) is 0 Å². The summed E-state index contributed by atoms with van der Waals surface area (Å²) in [4.78, 5) is 11.8. The highest BCUT2D eigenvalue weighted by Gasteiger charge is 2.30. The third-order valence-electron chi connectivity index (χ3n) is 3.57. The smallest absolute Gasteiger partial charge is 0.221 e. The van der Waals surface area contributed by atoms with Gasteiger partial charge < -0.3 is 14.8 Å². The van der Waals surface area contributed by atoms with E-state index in [1.165, 1.54) is 12.1 Å². The Bertz CT molecular complexity index is 656. The van der Waals surface area contributed by atoms with Crippen molar-refractivity contribution < 1.29 is 22.7 Å². The Morgan fingerprint density at radius 1 is 1.30 bits per heavy atom. The SMILES string of the molecule is CC1(CCNC(=O)CCS(=O)(=O)c2ccccc2Cl)OCCO1. The van der Waals surface area contributed by atoms with Crippen LogP contribution in [0.15, 0.2) is 29.2 Å². The van der Waals surface area contributed by atoms with Crippen LogP contribution in [0.3, 0.4) is 0 Å². The Hall–Kier alpha value is -1.15. The predicted molar refractivity (Wildman–Crippen MR) is 86.1 cm³/mol. The summed E-state index contributed by atoms with van der Waals surface area (Å²) in [5, 5.41) is 2.84. The molecule has 23 heavy (non-hydrogen) atoms. The number of ether oxygens (including phenoxy) is 2. The lowest BCUT2D eigenvalue weighted by atomic mass is 10.2. The van der Waals surface area contributed by atoms with Crippen LogP contribution in [0.5, 0.6) is 0 Å². The van der Waals surface area contributed by atoms with Gasteiger partial charge in [-0.1, -0.05) is 23.7 Å². The summed E-state index contributed by atoms with van der Waals surface area (Å²) in [6.45, 7) is 3.26. The van der Waals surface area contributed by atoms with Crippen LogP contribution in [-0.2, 0) is 24.1 Å². The second-order valence-electron chi connectivity index (χ2n) is 5.43. The summed E-state index contributed by atoms with van der Waals surface area (Å²) in [6, 6.07) is 6.20. The zero-order valence-electron chi connectivity index (χ0n) is 12.9. The quantitative estimate of drug-likeness (QED) is 0.800. The highest BCUT2D eigenvalue weighted by atomic mass is 35.5. The fourth-order valence-corrected chi connectivity index (χ4v) is 4.07. The number of sulfone groups is 1. The van der Waals surface area contributed by atoms with Crippen LogP contribution in [-0.4, -0.2) is 45.6 Å². The average molecular weight is 362 g/mol. The first-order valence-corrected chi connectivity index (χ1v) is 9.37. The van der Waals surface area contributed by atoms with Gasteiger partial charge >= 0.3 is 0 Å². The van der Waals surface area contributed by atoms with E-state index in [0.717, 1.165) is 0 Å². The van der Waals surface area contributed by atoms with Crippen LogP contribution in [0.2, 0.25) is 5.02 Å². The molecule has 0 unspecified atom stereocenters. The van der Waals surface area contributed by atoms with Crippen molar-refractivity contribution in [2.24, 2.45) is 0 Å². The van der Waals surface area contributed by atoms with E-state index in [-0.39, 0.29) is 28.0 Å². The van der Waals surface area contributed by atoms with Crippen molar-refractivity contribution in [2.75, 3.05) is 25.5 Å². The molecule has 1 amide bonds. The molecule has 8 heteroatoms. The van der Waals surface area contributed by atoms with E-state index in [1.54, 1.807) is 12.1 Å². The molecule has 1 saturated heterocycles. The molecule has 128 valence electrons. The van der Waals surface area contributed by atoms with Crippen molar-refractivity contribution in [3.8, 4) is 0 Å². The van der Waals surface area contributed by atoms with E-state index in [9.17, 15) is 13.2 Å². The van der Waals surface area contributed by atoms with Crippen molar-refractivity contribution in [3.63, 3.8) is 0 Å². The number of hydrogen-bond donors (Lipinski definition) is 1. The summed E-state index contributed by atoms with van der Waals surface area (Å²) in [5.41, 5.74) is 0. The molecule has 0 bridgehead atoms. The van der Waals surface area contributed by atoms with Crippen molar-refractivity contribution >= 4 is 27.3 Å². The zero-order chi connectivity index (χ0) is 16.9. The van der Waals surface area contributed by atoms with Gasteiger partial charge in [0.2, 0.25) is 5.91 Å². The van der Waals surface area contributed by atoms with Crippen molar-refractivity contribution in [1.82, 2.24) is 5.32 Å². The molecule has 0 atom stereocenters. The van der Waals surface area contributed by atoms with Crippen LogP contribution in [0.4, 0.5) is 0 Å². The van der Waals surface area contributed by atoms with Crippen LogP contribution in [0.1, 0.15) is 19.8 Å². The van der Waals surface area contributed by atoms with Crippen LogP contribution in [0.25, 0.3) is 0 Å². The van der Waals surface area contributed by atoms with Gasteiger partial charge in [0.15, 0.2) is 15.6 Å². The minimum Gasteiger partial charge on any atom is -0.356 e. The molecule has 0 radical (unpaired) electrons. The molecule has 1 aliphatic heterocycles. The van der Waals surface area contributed by atoms with Gasteiger partial charge in [0.05, 0.1) is 28.9 Å². The Morgan fingerprint density at radius 2 is 1.96 bits per heavy atom. The lowest BCUT2D eigenvalue weighted by molar-refractivity contribution is -0.146. The van der Waals surface area contributed by atoms with E-state index in [4.69, 9.17) is 21.1 Å². The van der Waals surface area contributed by atoms with Crippen molar-refractivity contribution in [1.29, 1.82) is 0 Å². The summed E-state index contributed by atoms with van der Waals surface area (Å²) < 4.78 is 35.2. The molecule has 1 N–H and O–H groups in total. The van der Waals surface area contributed by atoms with Gasteiger partial charge in [-0.3, -0.25) is 4.79 Å². The maximum atomic E-state index is 12.2. The molecule has 2 rings (SSSR count). The Morgan fingerprint density at radius 3 is 2.61 bits per heavy atom. The number of nitrogens with one attached hydrogen (secondary N) is 1. The summed E-state index contributed by atoms with van der Waals surface area (Å²) >= 11 is 5.89. The highest BCUT2D eigenvalue weighted by Crippen LogP contribution is 2.23. The van der Waals surface area contributed by atoms with Gasteiger partial charge in [-0.15, -0.1) is 0 Å². The number of carbonyl (C=O) groups is 1. The fourth-order valence-electron chi connectivity index (χ4n) is 2.25. The largest absolute Gasteiger partial charge is 0.356 e. The summed E-state index contributed by atoms with van der Waals surface area (Å²) in [5.74, 6) is -1.29. The standard InChI is InChI=1S/C15H20ClNO5S/c1-15(21-9-10-22-15)7-8-17-14(18)6-11-23(19,20)13-5-3-2-4-12(13)16/h2-5H,6-11H2,1H3,(H,17,18). The number of rotatable bonds is 7. The molecular weight excluding hydrogens is 342 g/mol. The molecule has 0 aromatic heterocycles. The monoisotopic (exact) mass is 361 g/mol. The van der Waals surface area contributed by atoms with Crippen LogP contribution >= 0.6 is 11.6 Å². The molecule has 0 aliphatic carbocycles. The highest BCUT2D eigenvalue weighted by molar-refractivity contribution is 7.91. The second-order valence-corrected chi connectivity index (χ2v) is 7.91. The van der Waals surface area contributed by atoms with Gasteiger partial charge in [0.1, 0.15) is 0 Å². The lowest BCUT2D eigenvalue weighted by Crippen LogP contribution is -2.34. The number of amides is 1. The van der Waals surface area contributed by atoms with Gasteiger partial charge in [-0.05, 0) is 19.1 Å². The molecule has 1 heterocycles. The van der Waals surface area contributed by atoms with Gasteiger partial charge in [0, 0.05) is 19.4 Å². The first kappa shape index (κ1) is 18.2. The van der Waals surface area contributed by atoms with E-state index >= 15 is 0 Å². The molecule has 0 spiro atoms. The fraction of sp³-hybridized carbons (Fsp3) is 0.533. The van der Waals surface area contributed by atoms with Crippen LogP contribution in [0, 0.1) is 0 Å². The molecule has 1 aliphatic rings.